The van der Waals surface area contributed by atoms with Crippen LogP contribution in [0.15, 0.2) is 72.1 Å². The zero-order valence-corrected chi connectivity index (χ0v) is 16.3. The van der Waals surface area contributed by atoms with E-state index in [2.05, 4.69) is 15.7 Å². The second-order valence-electron chi connectivity index (χ2n) is 6.78. The number of aromatic nitrogens is 2. The Morgan fingerprint density at radius 3 is 2.50 bits per heavy atom. The predicted octanol–water partition coefficient (Wildman–Crippen LogP) is 3.48. The Morgan fingerprint density at radius 1 is 1.13 bits per heavy atom. The number of methoxy groups -OCH3 is 1. The summed E-state index contributed by atoms with van der Waals surface area (Å²) in [5.41, 5.74) is 3.21. The van der Waals surface area contributed by atoms with E-state index in [0.717, 1.165) is 5.69 Å². The van der Waals surface area contributed by atoms with Gasteiger partial charge in [0.05, 0.1) is 30.1 Å². The maximum absolute atomic E-state index is 13.5. The van der Waals surface area contributed by atoms with Crippen LogP contribution in [0.1, 0.15) is 18.5 Å². The fraction of sp³-hybridized carbons (Fsp3) is 0.136. The molecule has 3 aromatic rings. The van der Waals surface area contributed by atoms with Crippen LogP contribution in [0, 0.1) is 5.82 Å². The molecule has 2 heterocycles. The lowest BCUT2D eigenvalue weighted by molar-refractivity contribution is -0.136. The molecule has 0 fully saturated rings. The van der Waals surface area contributed by atoms with Crippen molar-refractivity contribution in [1.82, 2.24) is 20.4 Å². The van der Waals surface area contributed by atoms with Crippen LogP contribution in [0.4, 0.5) is 9.18 Å². The van der Waals surface area contributed by atoms with E-state index >= 15 is 0 Å². The SMILES string of the molecule is COC(=O)C1=C(C)NC(=O)NC1c1cn(-c2ccccc2)nc1-c1ccc(F)cc1. The van der Waals surface area contributed by atoms with Crippen LogP contribution in [0.2, 0.25) is 0 Å². The van der Waals surface area contributed by atoms with Crippen LogP contribution in [0.5, 0.6) is 0 Å². The number of ether oxygens (including phenoxy) is 1. The van der Waals surface area contributed by atoms with Gasteiger partial charge in [-0.25, -0.2) is 18.7 Å². The highest BCUT2D eigenvalue weighted by molar-refractivity contribution is 5.95. The lowest BCUT2D eigenvalue weighted by atomic mass is 9.94. The third-order valence-electron chi connectivity index (χ3n) is 4.87. The first kappa shape index (κ1) is 19.4. The minimum atomic E-state index is -0.788. The molecule has 1 aliphatic heterocycles. The quantitative estimate of drug-likeness (QED) is 0.650. The minimum absolute atomic E-state index is 0.271. The summed E-state index contributed by atoms with van der Waals surface area (Å²) in [5, 5.41) is 10.1. The third kappa shape index (κ3) is 3.55. The first-order chi connectivity index (χ1) is 14.5. The molecule has 1 aliphatic rings. The molecular weight excluding hydrogens is 387 g/mol. The molecule has 7 nitrogen and oxygen atoms in total. The second-order valence-corrected chi connectivity index (χ2v) is 6.78. The zero-order valence-electron chi connectivity index (χ0n) is 16.3. The number of nitrogens with one attached hydrogen (secondary N) is 2. The Hall–Kier alpha value is -3.94. The molecule has 4 rings (SSSR count). The molecule has 30 heavy (non-hydrogen) atoms. The smallest absolute Gasteiger partial charge is 0.337 e. The molecule has 0 bridgehead atoms. The van der Waals surface area contributed by atoms with Crippen LogP contribution < -0.4 is 10.6 Å². The maximum Gasteiger partial charge on any atom is 0.337 e. The van der Waals surface area contributed by atoms with Gasteiger partial charge in [-0.15, -0.1) is 0 Å². The van der Waals surface area contributed by atoms with Crippen LogP contribution in [0.3, 0.4) is 0 Å². The van der Waals surface area contributed by atoms with Crippen LogP contribution >= 0.6 is 0 Å². The second kappa shape index (κ2) is 7.82. The highest BCUT2D eigenvalue weighted by Gasteiger charge is 2.35. The lowest BCUT2D eigenvalue weighted by Crippen LogP contribution is -2.45. The maximum atomic E-state index is 13.5. The summed E-state index contributed by atoms with van der Waals surface area (Å²) in [6, 6.07) is 14.1. The van der Waals surface area contributed by atoms with Gasteiger partial charge in [-0.1, -0.05) is 18.2 Å². The number of hydrogen-bond donors (Lipinski definition) is 2. The van der Waals surface area contributed by atoms with Gasteiger partial charge >= 0.3 is 12.0 Å². The number of allylic oxidation sites excluding steroid dienone is 1. The van der Waals surface area contributed by atoms with Gasteiger partial charge in [-0.2, -0.15) is 5.10 Å². The fourth-order valence-electron chi connectivity index (χ4n) is 3.45. The number of para-hydroxylation sites is 1. The first-order valence-corrected chi connectivity index (χ1v) is 9.25. The fourth-order valence-corrected chi connectivity index (χ4v) is 3.45. The van der Waals surface area contributed by atoms with Crippen molar-refractivity contribution in [2.45, 2.75) is 13.0 Å². The number of esters is 1. The van der Waals surface area contributed by atoms with Crippen molar-refractivity contribution in [3.05, 3.63) is 83.4 Å². The number of hydrogen-bond acceptors (Lipinski definition) is 4. The Kier molecular flexibility index (Phi) is 5.05. The van der Waals surface area contributed by atoms with Crippen molar-refractivity contribution in [2.75, 3.05) is 7.11 Å². The lowest BCUT2D eigenvalue weighted by Gasteiger charge is -2.27. The molecule has 1 unspecified atom stereocenters. The van der Waals surface area contributed by atoms with E-state index in [4.69, 9.17) is 4.74 Å². The molecule has 0 saturated carbocycles. The topological polar surface area (TPSA) is 85.2 Å². The molecule has 8 heteroatoms. The summed E-state index contributed by atoms with van der Waals surface area (Å²) in [6.07, 6.45) is 1.75. The highest BCUT2D eigenvalue weighted by Crippen LogP contribution is 2.34. The van der Waals surface area contributed by atoms with Gasteiger partial charge in [0, 0.05) is 23.0 Å². The van der Waals surface area contributed by atoms with Crippen molar-refractivity contribution in [1.29, 1.82) is 0 Å². The number of amides is 2. The summed E-state index contributed by atoms with van der Waals surface area (Å²) in [7, 11) is 1.28. The average molecular weight is 406 g/mol. The number of nitrogens with zero attached hydrogens (tertiary/aromatic N) is 2. The number of halogens is 1. The van der Waals surface area contributed by atoms with Crippen molar-refractivity contribution < 1.29 is 18.7 Å². The summed E-state index contributed by atoms with van der Waals surface area (Å²) < 4.78 is 20.1. The van der Waals surface area contributed by atoms with Gasteiger partial charge in [-0.3, -0.25) is 0 Å². The van der Waals surface area contributed by atoms with Crippen molar-refractivity contribution in [2.24, 2.45) is 0 Å². The van der Waals surface area contributed by atoms with Crippen molar-refractivity contribution in [3.8, 4) is 16.9 Å². The molecule has 1 aromatic heterocycles. The third-order valence-corrected chi connectivity index (χ3v) is 4.87. The molecule has 2 aromatic carbocycles. The van der Waals surface area contributed by atoms with Gasteiger partial charge < -0.3 is 15.4 Å². The Balaban J connectivity index is 1.92. The highest BCUT2D eigenvalue weighted by atomic mass is 19.1. The van der Waals surface area contributed by atoms with E-state index < -0.39 is 18.0 Å². The first-order valence-electron chi connectivity index (χ1n) is 9.25. The zero-order chi connectivity index (χ0) is 21.3. The number of rotatable bonds is 4. The molecule has 0 saturated heterocycles. The van der Waals surface area contributed by atoms with E-state index in [1.165, 1.54) is 19.2 Å². The Labute approximate surface area is 172 Å². The van der Waals surface area contributed by atoms with E-state index in [0.29, 0.717) is 22.5 Å². The van der Waals surface area contributed by atoms with Gasteiger partial charge in [-0.05, 0) is 43.3 Å². The molecule has 2 amide bonds. The number of urea groups is 1. The molecule has 1 atom stereocenters. The molecule has 2 N–H and O–H groups in total. The minimum Gasteiger partial charge on any atom is -0.466 e. The van der Waals surface area contributed by atoms with E-state index in [1.807, 2.05) is 30.3 Å². The van der Waals surface area contributed by atoms with Gasteiger partial charge in [0.2, 0.25) is 0 Å². The summed E-state index contributed by atoms with van der Waals surface area (Å²) >= 11 is 0. The molecule has 0 radical (unpaired) electrons. The van der Waals surface area contributed by atoms with Crippen LogP contribution in [0.25, 0.3) is 16.9 Å². The van der Waals surface area contributed by atoms with Crippen molar-refractivity contribution in [3.63, 3.8) is 0 Å². The Bertz CT molecular complexity index is 1140. The number of carbonyl (C=O) groups is 2. The van der Waals surface area contributed by atoms with Gasteiger partial charge in [0.15, 0.2) is 0 Å². The van der Waals surface area contributed by atoms with Crippen LogP contribution in [-0.4, -0.2) is 28.9 Å². The monoisotopic (exact) mass is 406 g/mol. The number of carbonyl (C=O) groups excluding carboxylic acids is 2. The van der Waals surface area contributed by atoms with E-state index in [-0.39, 0.29) is 11.4 Å². The standard InChI is InChI=1S/C22H19FN4O3/c1-13-18(21(28)30-2)20(25-22(29)24-13)17-12-27(16-6-4-3-5-7-16)26-19(17)14-8-10-15(23)11-9-14/h3-12,20H,1-2H3,(H2,24,25,29). The predicted molar refractivity (Wildman–Crippen MR) is 108 cm³/mol. The van der Waals surface area contributed by atoms with Gasteiger partial charge in [0.1, 0.15) is 5.82 Å². The summed E-state index contributed by atoms with van der Waals surface area (Å²) in [6.45, 7) is 1.64. The summed E-state index contributed by atoms with van der Waals surface area (Å²) in [5.74, 6) is -0.938. The molecule has 152 valence electrons. The van der Waals surface area contributed by atoms with Gasteiger partial charge in [0.25, 0.3) is 0 Å². The van der Waals surface area contributed by atoms with E-state index in [1.54, 1.807) is 29.9 Å². The van der Waals surface area contributed by atoms with Crippen molar-refractivity contribution >= 4 is 12.0 Å². The molecule has 0 spiro atoms. The molecular formula is C22H19FN4O3. The van der Waals surface area contributed by atoms with Crippen LogP contribution in [-0.2, 0) is 9.53 Å². The van der Waals surface area contributed by atoms with E-state index in [9.17, 15) is 14.0 Å². The summed E-state index contributed by atoms with van der Waals surface area (Å²) in [4.78, 5) is 24.7. The normalized spacial score (nSPS) is 16.1. The Morgan fingerprint density at radius 2 is 1.83 bits per heavy atom. The number of benzene rings is 2. The largest absolute Gasteiger partial charge is 0.466 e. The average Bonchev–Trinajstić information content (AvgIpc) is 3.19. The molecule has 0 aliphatic carbocycles.